The van der Waals surface area contributed by atoms with E-state index in [0.29, 0.717) is 11.6 Å². The third-order valence-corrected chi connectivity index (χ3v) is 3.01. The minimum Gasteiger partial charge on any atom is -0.399 e. The normalized spacial score (nSPS) is 12.6. The summed E-state index contributed by atoms with van der Waals surface area (Å²) in [6, 6.07) is 4.13. The quantitative estimate of drug-likeness (QED) is 0.837. The molecule has 1 amide bonds. The van der Waals surface area contributed by atoms with E-state index in [1.165, 1.54) is 18.2 Å². The second-order valence-corrected chi connectivity index (χ2v) is 5.13. The molecule has 0 aliphatic rings. The molecule has 1 rings (SSSR count). The van der Waals surface area contributed by atoms with Gasteiger partial charge in [0.15, 0.2) is 0 Å². The summed E-state index contributed by atoms with van der Waals surface area (Å²) in [5.74, 6) is -0.369. The zero-order valence-corrected chi connectivity index (χ0v) is 11.4. The van der Waals surface area contributed by atoms with Gasteiger partial charge in [0.1, 0.15) is 5.82 Å². The van der Waals surface area contributed by atoms with Crippen LogP contribution in [0.4, 0.5) is 10.1 Å². The molecule has 4 heteroatoms. The predicted octanol–water partition coefficient (Wildman–Crippen LogP) is 2.91. The second-order valence-electron chi connectivity index (χ2n) is 5.13. The zero-order chi connectivity index (χ0) is 13.9. The van der Waals surface area contributed by atoms with Crippen LogP contribution in [0.1, 0.15) is 37.6 Å². The Morgan fingerprint density at radius 1 is 1.39 bits per heavy atom. The maximum atomic E-state index is 13.6. The molecule has 0 heterocycles. The van der Waals surface area contributed by atoms with E-state index in [1.54, 1.807) is 11.9 Å². The standard InChI is InChI=1S/C14H21FN2O/c1-9(2)7-10(3)17(4)14(18)12-8-11(16)5-6-13(12)15/h5-6,8-10H,7,16H2,1-4H3. The Bertz CT molecular complexity index is 432. The lowest BCUT2D eigenvalue weighted by atomic mass is 10.0. The van der Waals surface area contributed by atoms with Crippen LogP contribution in [-0.2, 0) is 0 Å². The molecule has 0 saturated carbocycles. The molecule has 100 valence electrons. The van der Waals surface area contributed by atoms with E-state index in [4.69, 9.17) is 5.73 Å². The van der Waals surface area contributed by atoms with E-state index in [1.807, 2.05) is 6.92 Å². The van der Waals surface area contributed by atoms with Crippen LogP contribution < -0.4 is 5.73 Å². The second kappa shape index (κ2) is 5.85. The Balaban J connectivity index is 2.89. The minimum atomic E-state index is -0.530. The third-order valence-electron chi connectivity index (χ3n) is 3.01. The predicted molar refractivity (Wildman–Crippen MR) is 71.8 cm³/mol. The van der Waals surface area contributed by atoms with Crippen LogP contribution in [0.2, 0.25) is 0 Å². The monoisotopic (exact) mass is 252 g/mol. The van der Waals surface area contributed by atoms with E-state index in [-0.39, 0.29) is 17.5 Å². The van der Waals surface area contributed by atoms with Gasteiger partial charge in [0.2, 0.25) is 0 Å². The van der Waals surface area contributed by atoms with Crippen LogP contribution in [0.25, 0.3) is 0 Å². The lowest BCUT2D eigenvalue weighted by Crippen LogP contribution is -2.36. The maximum absolute atomic E-state index is 13.6. The molecule has 0 aliphatic heterocycles. The van der Waals surface area contributed by atoms with Crippen LogP contribution >= 0.6 is 0 Å². The van der Waals surface area contributed by atoms with Gasteiger partial charge in [-0.05, 0) is 37.5 Å². The molecule has 1 aromatic carbocycles. The summed E-state index contributed by atoms with van der Waals surface area (Å²) >= 11 is 0. The van der Waals surface area contributed by atoms with Crippen molar-refractivity contribution in [2.75, 3.05) is 12.8 Å². The Labute approximate surface area is 108 Å². The first-order chi connectivity index (χ1) is 8.32. The smallest absolute Gasteiger partial charge is 0.256 e. The number of nitrogens with zero attached hydrogens (tertiary/aromatic N) is 1. The molecule has 1 unspecified atom stereocenters. The Hall–Kier alpha value is -1.58. The lowest BCUT2D eigenvalue weighted by molar-refractivity contribution is 0.0723. The van der Waals surface area contributed by atoms with Crippen LogP contribution in [0.15, 0.2) is 18.2 Å². The number of amides is 1. The first-order valence-corrected chi connectivity index (χ1v) is 6.15. The average molecular weight is 252 g/mol. The highest BCUT2D eigenvalue weighted by molar-refractivity contribution is 5.95. The van der Waals surface area contributed by atoms with Gasteiger partial charge in [-0.3, -0.25) is 4.79 Å². The minimum absolute atomic E-state index is 0.0353. The molecule has 1 atom stereocenters. The fourth-order valence-electron chi connectivity index (χ4n) is 1.94. The summed E-state index contributed by atoms with van der Waals surface area (Å²) in [6.07, 6.45) is 0.881. The number of nitrogen functional groups attached to an aromatic ring is 1. The number of nitrogens with two attached hydrogens (primary N) is 1. The molecule has 0 bridgehead atoms. The molecular weight excluding hydrogens is 231 g/mol. The summed E-state index contributed by atoms with van der Waals surface area (Å²) in [7, 11) is 1.69. The zero-order valence-electron chi connectivity index (χ0n) is 11.4. The fraction of sp³-hybridized carbons (Fsp3) is 0.500. The van der Waals surface area contributed by atoms with Crippen LogP contribution in [0.5, 0.6) is 0 Å². The summed E-state index contributed by atoms with van der Waals surface area (Å²) in [5.41, 5.74) is 6.01. The van der Waals surface area contributed by atoms with Gasteiger partial charge in [-0.25, -0.2) is 4.39 Å². The van der Waals surface area contributed by atoms with Crippen LogP contribution in [-0.4, -0.2) is 23.9 Å². The van der Waals surface area contributed by atoms with Crippen molar-refractivity contribution in [1.29, 1.82) is 0 Å². The number of benzene rings is 1. The number of carbonyl (C=O) groups excluding carboxylic acids is 1. The largest absolute Gasteiger partial charge is 0.399 e. The van der Waals surface area contributed by atoms with Gasteiger partial charge in [-0.2, -0.15) is 0 Å². The van der Waals surface area contributed by atoms with Crippen molar-refractivity contribution in [3.05, 3.63) is 29.6 Å². The Kier molecular flexibility index (Phi) is 4.70. The number of anilines is 1. The molecule has 0 saturated heterocycles. The van der Waals surface area contributed by atoms with Gasteiger partial charge in [-0.1, -0.05) is 13.8 Å². The highest BCUT2D eigenvalue weighted by atomic mass is 19.1. The van der Waals surface area contributed by atoms with Gasteiger partial charge >= 0.3 is 0 Å². The molecule has 0 spiro atoms. The summed E-state index contributed by atoms with van der Waals surface area (Å²) in [5, 5.41) is 0. The van der Waals surface area contributed by atoms with E-state index < -0.39 is 5.82 Å². The van der Waals surface area contributed by atoms with Crippen molar-refractivity contribution >= 4 is 11.6 Å². The first kappa shape index (κ1) is 14.5. The van der Waals surface area contributed by atoms with Gasteiger partial charge in [0.25, 0.3) is 5.91 Å². The topological polar surface area (TPSA) is 46.3 Å². The molecule has 0 aliphatic carbocycles. The van der Waals surface area contributed by atoms with E-state index in [2.05, 4.69) is 13.8 Å². The van der Waals surface area contributed by atoms with Crippen LogP contribution in [0, 0.1) is 11.7 Å². The highest BCUT2D eigenvalue weighted by Crippen LogP contribution is 2.17. The van der Waals surface area contributed by atoms with Crippen molar-refractivity contribution < 1.29 is 9.18 Å². The fourth-order valence-corrected chi connectivity index (χ4v) is 1.94. The summed E-state index contributed by atoms with van der Waals surface area (Å²) in [4.78, 5) is 13.7. The van der Waals surface area contributed by atoms with Crippen molar-refractivity contribution in [1.82, 2.24) is 4.90 Å². The lowest BCUT2D eigenvalue weighted by Gasteiger charge is -2.26. The Morgan fingerprint density at radius 3 is 2.56 bits per heavy atom. The number of rotatable bonds is 4. The van der Waals surface area contributed by atoms with Crippen molar-refractivity contribution in [3.8, 4) is 0 Å². The van der Waals surface area contributed by atoms with Crippen molar-refractivity contribution in [3.63, 3.8) is 0 Å². The van der Waals surface area contributed by atoms with Gasteiger partial charge < -0.3 is 10.6 Å². The first-order valence-electron chi connectivity index (χ1n) is 6.15. The molecule has 0 radical (unpaired) electrons. The van der Waals surface area contributed by atoms with Gasteiger partial charge in [-0.15, -0.1) is 0 Å². The molecular formula is C14H21FN2O. The van der Waals surface area contributed by atoms with Crippen LogP contribution in [0.3, 0.4) is 0 Å². The third kappa shape index (κ3) is 3.45. The summed E-state index contributed by atoms with van der Waals surface area (Å²) < 4.78 is 13.6. The molecule has 0 fully saturated rings. The number of carbonyl (C=O) groups is 1. The number of halogens is 1. The maximum Gasteiger partial charge on any atom is 0.256 e. The highest BCUT2D eigenvalue weighted by Gasteiger charge is 2.21. The molecule has 2 N–H and O–H groups in total. The average Bonchev–Trinajstić information content (AvgIpc) is 2.29. The van der Waals surface area contributed by atoms with Crippen molar-refractivity contribution in [2.45, 2.75) is 33.2 Å². The van der Waals surface area contributed by atoms with Gasteiger partial charge in [0, 0.05) is 18.8 Å². The molecule has 3 nitrogen and oxygen atoms in total. The molecule has 0 aromatic heterocycles. The summed E-state index contributed by atoms with van der Waals surface area (Å²) in [6.45, 7) is 6.15. The molecule has 18 heavy (non-hydrogen) atoms. The SMILES string of the molecule is CC(C)CC(C)N(C)C(=O)c1cc(N)ccc1F. The number of hydrogen-bond donors (Lipinski definition) is 1. The van der Waals surface area contributed by atoms with Gasteiger partial charge in [0.05, 0.1) is 5.56 Å². The van der Waals surface area contributed by atoms with E-state index >= 15 is 0 Å². The van der Waals surface area contributed by atoms with Crippen molar-refractivity contribution in [2.24, 2.45) is 5.92 Å². The number of hydrogen-bond acceptors (Lipinski definition) is 2. The van der Waals surface area contributed by atoms with E-state index in [0.717, 1.165) is 6.42 Å². The molecule has 1 aromatic rings. The van der Waals surface area contributed by atoms with E-state index in [9.17, 15) is 9.18 Å². The Morgan fingerprint density at radius 2 is 2.00 bits per heavy atom.